The van der Waals surface area contributed by atoms with Crippen LogP contribution >= 0.6 is 23.2 Å². The molecule has 1 aliphatic rings. The van der Waals surface area contributed by atoms with Gasteiger partial charge < -0.3 is 24.4 Å². The lowest BCUT2D eigenvalue weighted by atomic mass is 10.1. The Labute approximate surface area is 165 Å². The summed E-state index contributed by atoms with van der Waals surface area (Å²) < 4.78 is 15.7. The molecular weight excluding hydrogens is 395 g/mol. The zero-order valence-corrected chi connectivity index (χ0v) is 16.1. The van der Waals surface area contributed by atoms with Crippen LogP contribution in [0.2, 0.25) is 10.0 Å². The molecular formula is C18H16Cl2N2O5. The smallest absolute Gasteiger partial charge is 0.254 e. The standard InChI is InChI=1S/C18H16Cl2N2O5/c1-22(8-16(23)21-13-7-11(19)3-4-14(13)25-2)18(24)10-5-12(20)17-15(6-10)26-9-27-17/h3-7H,8-9H2,1-2H3,(H,21,23). The number of ether oxygens (including phenoxy) is 3. The maximum atomic E-state index is 12.6. The van der Waals surface area contributed by atoms with E-state index in [-0.39, 0.29) is 24.3 Å². The maximum Gasteiger partial charge on any atom is 0.254 e. The second kappa shape index (κ2) is 7.94. The van der Waals surface area contributed by atoms with Crippen LogP contribution in [0.5, 0.6) is 17.2 Å². The van der Waals surface area contributed by atoms with Crippen molar-refractivity contribution in [1.82, 2.24) is 4.90 Å². The molecule has 2 amide bonds. The highest BCUT2D eigenvalue weighted by molar-refractivity contribution is 6.32. The molecule has 0 unspecified atom stereocenters. The van der Waals surface area contributed by atoms with Crippen LogP contribution in [-0.2, 0) is 4.79 Å². The molecule has 142 valence electrons. The van der Waals surface area contributed by atoms with Gasteiger partial charge in [0.05, 0.1) is 24.4 Å². The van der Waals surface area contributed by atoms with Gasteiger partial charge in [0.1, 0.15) is 5.75 Å². The Balaban J connectivity index is 1.69. The summed E-state index contributed by atoms with van der Waals surface area (Å²) in [5.41, 5.74) is 0.710. The third kappa shape index (κ3) is 4.20. The third-order valence-electron chi connectivity index (χ3n) is 3.84. The first-order valence-electron chi connectivity index (χ1n) is 7.87. The number of nitrogens with one attached hydrogen (secondary N) is 1. The first-order valence-corrected chi connectivity index (χ1v) is 8.62. The predicted octanol–water partition coefficient (Wildman–Crippen LogP) is 3.44. The Morgan fingerprint density at radius 2 is 2.00 bits per heavy atom. The van der Waals surface area contributed by atoms with Crippen LogP contribution in [0.3, 0.4) is 0 Å². The first-order chi connectivity index (χ1) is 12.9. The summed E-state index contributed by atoms with van der Waals surface area (Å²) >= 11 is 12.1. The van der Waals surface area contributed by atoms with Gasteiger partial charge in [-0.25, -0.2) is 0 Å². The van der Waals surface area contributed by atoms with Crippen LogP contribution in [0.1, 0.15) is 10.4 Å². The number of nitrogens with zero attached hydrogens (tertiary/aromatic N) is 1. The van der Waals surface area contributed by atoms with Crippen molar-refractivity contribution < 1.29 is 23.8 Å². The van der Waals surface area contributed by atoms with Crippen LogP contribution in [-0.4, -0.2) is 44.2 Å². The maximum absolute atomic E-state index is 12.6. The fourth-order valence-corrected chi connectivity index (χ4v) is 3.00. The molecule has 0 atom stereocenters. The van der Waals surface area contributed by atoms with Gasteiger partial charge in [0, 0.05) is 17.6 Å². The number of anilines is 1. The fraction of sp³-hybridized carbons (Fsp3) is 0.222. The topological polar surface area (TPSA) is 77.1 Å². The number of rotatable bonds is 5. The first kappa shape index (κ1) is 19.1. The molecule has 0 bridgehead atoms. The van der Waals surface area contributed by atoms with Gasteiger partial charge in [0.2, 0.25) is 12.7 Å². The minimum atomic E-state index is -0.404. The quantitative estimate of drug-likeness (QED) is 0.816. The molecule has 0 spiro atoms. The van der Waals surface area contributed by atoms with Crippen LogP contribution in [0, 0.1) is 0 Å². The van der Waals surface area contributed by atoms with E-state index in [0.29, 0.717) is 33.5 Å². The molecule has 0 fully saturated rings. The summed E-state index contributed by atoms with van der Waals surface area (Å²) in [6.07, 6.45) is 0. The Morgan fingerprint density at radius 3 is 2.74 bits per heavy atom. The van der Waals surface area contributed by atoms with Crippen molar-refractivity contribution in [2.45, 2.75) is 0 Å². The molecule has 0 radical (unpaired) electrons. The number of carbonyl (C=O) groups is 2. The molecule has 1 heterocycles. The second-order valence-electron chi connectivity index (χ2n) is 5.75. The number of likely N-dealkylation sites (N-methyl/N-ethyl adjacent to an activating group) is 1. The molecule has 0 aromatic heterocycles. The van der Waals surface area contributed by atoms with Gasteiger partial charge in [0.15, 0.2) is 11.5 Å². The molecule has 0 saturated carbocycles. The van der Waals surface area contributed by atoms with Crippen LogP contribution in [0.15, 0.2) is 30.3 Å². The van der Waals surface area contributed by atoms with Crippen LogP contribution in [0.25, 0.3) is 0 Å². The molecule has 7 nitrogen and oxygen atoms in total. The molecule has 2 aromatic carbocycles. The minimum Gasteiger partial charge on any atom is -0.495 e. The van der Waals surface area contributed by atoms with Crippen LogP contribution in [0.4, 0.5) is 5.69 Å². The lowest BCUT2D eigenvalue weighted by Gasteiger charge is -2.18. The summed E-state index contributed by atoms with van der Waals surface area (Å²) in [5, 5.41) is 3.40. The number of benzene rings is 2. The number of hydrogen-bond donors (Lipinski definition) is 1. The van der Waals surface area contributed by atoms with E-state index in [9.17, 15) is 9.59 Å². The van der Waals surface area contributed by atoms with E-state index in [1.54, 1.807) is 18.2 Å². The molecule has 3 rings (SSSR count). The zero-order chi connectivity index (χ0) is 19.6. The van der Waals surface area contributed by atoms with E-state index in [1.165, 1.54) is 31.2 Å². The SMILES string of the molecule is COc1ccc(Cl)cc1NC(=O)CN(C)C(=O)c1cc(Cl)c2c(c1)OCO2. The summed E-state index contributed by atoms with van der Waals surface area (Å²) in [4.78, 5) is 26.2. The molecule has 1 aliphatic heterocycles. The van der Waals surface area contributed by atoms with Gasteiger partial charge in [-0.1, -0.05) is 23.2 Å². The lowest BCUT2D eigenvalue weighted by molar-refractivity contribution is -0.116. The van der Waals surface area contributed by atoms with Crippen LogP contribution < -0.4 is 19.5 Å². The Hall–Kier alpha value is -2.64. The molecule has 1 N–H and O–H groups in total. The number of amides is 2. The fourth-order valence-electron chi connectivity index (χ4n) is 2.57. The van der Waals surface area contributed by atoms with Gasteiger partial charge in [-0.3, -0.25) is 9.59 Å². The van der Waals surface area contributed by atoms with Crippen molar-refractivity contribution >= 4 is 40.7 Å². The van der Waals surface area contributed by atoms with Crippen molar-refractivity contribution in [3.8, 4) is 17.2 Å². The molecule has 9 heteroatoms. The van der Waals surface area contributed by atoms with Gasteiger partial charge in [-0.15, -0.1) is 0 Å². The average molecular weight is 411 g/mol. The summed E-state index contributed by atoms with van der Waals surface area (Å²) in [6.45, 7) is -0.132. The van der Waals surface area contributed by atoms with Crippen molar-refractivity contribution in [2.75, 3.05) is 32.8 Å². The highest BCUT2D eigenvalue weighted by atomic mass is 35.5. The van der Waals surface area contributed by atoms with E-state index < -0.39 is 5.91 Å². The van der Waals surface area contributed by atoms with E-state index in [1.807, 2.05) is 0 Å². The van der Waals surface area contributed by atoms with Crippen molar-refractivity contribution in [3.63, 3.8) is 0 Å². The monoisotopic (exact) mass is 410 g/mol. The van der Waals surface area contributed by atoms with Crippen molar-refractivity contribution in [1.29, 1.82) is 0 Å². The Kier molecular flexibility index (Phi) is 5.62. The summed E-state index contributed by atoms with van der Waals surface area (Å²) in [6, 6.07) is 7.87. The highest BCUT2D eigenvalue weighted by Gasteiger charge is 2.23. The summed E-state index contributed by atoms with van der Waals surface area (Å²) in [7, 11) is 2.99. The highest BCUT2D eigenvalue weighted by Crippen LogP contribution is 2.40. The minimum absolute atomic E-state index is 0.0480. The third-order valence-corrected chi connectivity index (χ3v) is 4.35. The van der Waals surface area contributed by atoms with Gasteiger partial charge in [-0.2, -0.15) is 0 Å². The largest absolute Gasteiger partial charge is 0.495 e. The zero-order valence-electron chi connectivity index (χ0n) is 14.5. The lowest BCUT2D eigenvalue weighted by Crippen LogP contribution is -2.35. The normalized spacial score (nSPS) is 11.9. The number of carbonyl (C=O) groups excluding carboxylic acids is 2. The van der Waals surface area contributed by atoms with Gasteiger partial charge in [-0.05, 0) is 30.3 Å². The summed E-state index contributed by atoms with van der Waals surface area (Å²) in [5.74, 6) is 0.472. The van der Waals surface area contributed by atoms with Gasteiger partial charge >= 0.3 is 0 Å². The van der Waals surface area contributed by atoms with E-state index in [2.05, 4.69) is 5.32 Å². The predicted molar refractivity (Wildman–Crippen MR) is 101 cm³/mol. The van der Waals surface area contributed by atoms with Gasteiger partial charge in [0.25, 0.3) is 5.91 Å². The Bertz CT molecular complexity index is 904. The molecule has 0 aliphatic carbocycles. The molecule has 2 aromatic rings. The number of hydrogen-bond acceptors (Lipinski definition) is 5. The Morgan fingerprint density at radius 1 is 1.22 bits per heavy atom. The van der Waals surface area contributed by atoms with E-state index in [4.69, 9.17) is 37.4 Å². The molecule has 0 saturated heterocycles. The van der Waals surface area contributed by atoms with Crippen molar-refractivity contribution in [3.05, 3.63) is 45.9 Å². The van der Waals surface area contributed by atoms with Crippen molar-refractivity contribution in [2.24, 2.45) is 0 Å². The second-order valence-corrected chi connectivity index (χ2v) is 6.59. The molecule has 27 heavy (non-hydrogen) atoms. The average Bonchev–Trinajstić information content (AvgIpc) is 3.10. The number of methoxy groups -OCH3 is 1. The number of halogens is 2. The van der Waals surface area contributed by atoms with E-state index in [0.717, 1.165) is 0 Å². The number of fused-ring (bicyclic) bond motifs is 1. The van der Waals surface area contributed by atoms with E-state index >= 15 is 0 Å².